The Hall–Kier alpha value is -2.20. The van der Waals surface area contributed by atoms with E-state index in [-0.39, 0.29) is 30.0 Å². The number of guanidine groups is 1. The van der Waals surface area contributed by atoms with Crippen molar-refractivity contribution in [2.24, 2.45) is 4.99 Å². The molecule has 0 saturated carbocycles. The summed E-state index contributed by atoms with van der Waals surface area (Å²) >= 11 is 0. The van der Waals surface area contributed by atoms with Crippen molar-refractivity contribution in [2.45, 2.75) is 12.6 Å². The van der Waals surface area contributed by atoms with E-state index in [1.807, 2.05) is 37.4 Å². The van der Waals surface area contributed by atoms with Crippen LogP contribution < -0.4 is 19.5 Å². The molecule has 0 fully saturated rings. The quantitative estimate of drug-likeness (QED) is 0.297. The lowest BCUT2D eigenvalue weighted by molar-refractivity contribution is 0.293. The lowest BCUT2D eigenvalue weighted by Gasteiger charge is -2.29. The summed E-state index contributed by atoms with van der Waals surface area (Å²) in [6.45, 7) is 1.37. The second-order valence-corrected chi connectivity index (χ2v) is 7.19. The zero-order valence-electron chi connectivity index (χ0n) is 19.5. The predicted octanol–water partition coefficient (Wildman–Crippen LogP) is 3.64. The van der Waals surface area contributed by atoms with Gasteiger partial charge in [-0.1, -0.05) is 24.3 Å². The van der Waals surface area contributed by atoms with Crippen LogP contribution in [0.1, 0.15) is 17.2 Å². The van der Waals surface area contributed by atoms with E-state index in [0.29, 0.717) is 13.1 Å². The van der Waals surface area contributed by atoms with Gasteiger partial charge in [-0.05, 0) is 37.9 Å². The number of methoxy groups -OCH3 is 3. The van der Waals surface area contributed by atoms with Crippen molar-refractivity contribution in [1.82, 2.24) is 15.1 Å². The first-order valence-corrected chi connectivity index (χ1v) is 9.87. The largest absolute Gasteiger partial charge is 0.496 e. The molecule has 2 aromatic carbocycles. The molecule has 0 aromatic heterocycles. The number of nitrogens with one attached hydrogen (secondary N) is 1. The van der Waals surface area contributed by atoms with Gasteiger partial charge in [0, 0.05) is 32.7 Å². The highest BCUT2D eigenvalue weighted by Crippen LogP contribution is 2.31. The first-order chi connectivity index (χ1) is 14.4. The van der Waals surface area contributed by atoms with Crippen LogP contribution in [0.5, 0.6) is 17.2 Å². The molecule has 0 aliphatic rings. The highest BCUT2D eigenvalue weighted by Gasteiger charge is 2.18. The Morgan fingerprint density at radius 2 is 1.58 bits per heavy atom. The van der Waals surface area contributed by atoms with Gasteiger partial charge in [-0.2, -0.15) is 0 Å². The Morgan fingerprint density at radius 1 is 0.935 bits per heavy atom. The molecule has 0 radical (unpaired) electrons. The number of nitrogens with zero attached hydrogens (tertiary/aromatic N) is 3. The molecule has 1 unspecified atom stereocenters. The van der Waals surface area contributed by atoms with Crippen molar-refractivity contribution in [3.05, 3.63) is 53.6 Å². The van der Waals surface area contributed by atoms with Crippen LogP contribution in [0.15, 0.2) is 47.5 Å². The predicted molar refractivity (Wildman–Crippen MR) is 137 cm³/mol. The van der Waals surface area contributed by atoms with Gasteiger partial charge in [-0.3, -0.25) is 4.99 Å². The van der Waals surface area contributed by atoms with E-state index in [1.165, 1.54) is 0 Å². The van der Waals surface area contributed by atoms with Crippen molar-refractivity contribution in [3.63, 3.8) is 0 Å². The maximum absolute atomic E-state index is 5.47. The SMILES string of the molecule is CN=C(NCC(c1ccc(OC)c(OC)c1)N(C)C)N(C)Cc1ccccc1OC.I. The summed E-state index contributed by atoms with van der Waals surface area (Å²) in [5.41, 5.74) is 2.24. The molecule has 0 bridgehead atoms. The van der Waals surface area contributed by atoms with E-state index in [2.05, 4.69) is 46.3 Å². The fourth-order valence-corrected chi connectivity index (χ4v) is 3.40. The molecule has 2 aromatic rings. The van der Waals surface area contributed by atoms with Crippen LogP contribution in [0.25, 0.3) is 0 Å². The third-order valence-corrected chi connectivity index (χ3v) is 5.04. The van der Waals surface area contributed by atoms with Crippen LogP contribution in [-0.2, 0) is 6.54 Å². The molecule has 7 nitrogen and oxygen atoms in total. The summed E-state index contributed by atoms with van der Waals surface area (Å²) in [5, 5.41) is 3.49. The minimum absolute atomic E-state index is 0. The average molecular weight is 542 g/mol. The molecule has 2 rings (SSSR count). The first-order valence-electron chi connectivity index (χ1n) is 9.87. The van der Waals surface area contributed by atoms with E-state index < -0.39 is 0 Å². The number of hydrogen-bond acceptors (Lipinski definition) is 5. The Bertz CT molecular complexity index is 845. The first kappa shape index (κ1) is 26.8. The van der Waals surface area contributed by atoms with Gasteiger partial charge in [0.25, 0.3) is 0 Å². The number of benzene rings is 2. The monoisotopic (exact) mass is 542 g/mol. The number of aliphatic imine (C=N–C) groups is 1. The second kappa shape index (κ2) is 13.3. The Labute approximate surface area is 203 Å². The van der Waals surface area contributed by atoms with Gasteiger partial charge in [-0.25, -0.2) is 0 Å². The highest BCUT2D eigenvalue weighted by molar-refractivity contribution is 14.0. The third kappa shape index (κ3) is 7.17. The van der Waals surface area contributed by atoms with Gasteiger partial charge in [0.2, 0.25) is 0 Å². The van der Waals surface area contributed by atoms with Crippen molar-refractivity contribution in [1.29, 1.82) is 0 Å². The van der Waals surface area contributed by atoms with Crippen LogP contribution in [0.3, 0.4) is 0 Å². The molecule has 1 atom stereocenters. The van der Waals surface area contributed by atoms with E-state index in [4.69, 9.17) is 14.2 Å². The number of ether oxygens (including phenoxy) is 3. The molecule has 0 aliphatic heterocycles. The minimum atomic E-state index is 0. The lowest BCUT2D eigenvalue weighted by Crippen LogP contribution is -2.42. The number of hydrogen-bond donors (Lipinski definition) is 1. The van der Waals surface area contributed by atoms with Gasteiger partial charge in [0.05, 0.1) is 27.4 Å². The summed E-state index contributed by atoms with van der Waals surface area (Å²) in [4.78, 5) is 8.70. The fraction of sp³-hybridized carbons (Fsp3) is 0.435. The van der Waals surface area contributed by atoms with Crippen LogP contribution in [0.4, 0.5) is 0 Å². The van der Waals surface area contributed by atoms with Crippen molar-refractivity contribution in [3.8, 4) is 17.2 Å². The summed E-state index contributed by atoms with van der Waals surface area (Å²) < 4.78 is 16.3. The molecular weight excluding hydrogens is 507 g/mol. The zero-order chi connectivity index (χ0) is 22.1. The molecule has 0 spiro atoms. The average Bonchev–Trinajstić information content (AvgIpc) is 2.76. The summed E-state index contributed by atoms with van der Waals surface area (Å²) in [6, 6.07) is 14.2. The molecule has 0 aliphatic carbocycles. The summed E-state index contributed by atoms with van der Waals surface area (Å²) in [5.74, 6) is 3.13. The number of para-hydroxylation sites is 1. The molecule has 0 heterocycles. The van der Waals surface area contributed by atoms with E-state index in [1.54, 1.807) is 28.4 Å². The molecule has 0 amide bonds. The summed E-state index contributed by atoms with van der Waals surface area (Å²) in [7, 11) is 12.9. The number of rotatable bonds is 9. The van der Waals surface area contributed by atoms with Gasteiger partial charge >= 0.3 is 0 Å². The molecule has 31 heavy (non-hydrogen) atoms. The Morgan fingerprint density at radius 3 is 2.16 bits per heavy atom. The molecule has 0 saturated heterocycles. The fourth-order valence-electron chi connectivity index (χ4n) is 3.40. The van der Waals surface area contributed by atoms with Crippen molar-refractivity contribution < 1.29 is 14.2 Å². The van der Waals surface area contributed by atoms with Crippen LogP contribution in [0, 0.1) is 0 Å². The van der Waals surface area contributed by atoms with E-state index >= 15 is 0 Å². The summed E-state index contributed by atoms with van der Waals surface area (Å²) in [6.07, 6.45) is 0. The zero-order valence-corrected chi connectivity index (χ0v) is 21.8. The highest BCUT2D eigenvalue weighted by atomic mass is 127. The van der Waals surface area contributed by atoms with Crippen LogP contribution in [0.2, 0.25) is 0 Å². The van der Waals surface area contributed by atoms with Crippen LogP contribution >= 0.6 is 24.0 Å². The lowest BCUT2D eigenvalue weighted by atomic mass is 10.1. The third-order valence-electron chi connectivity index (χ3n) is 5.04. The van der Waals surface area contributed by atoms with Gasteiger partial charge in [0.1, 0.15) is 5.75 Å². The standard InChI is InChI=1S/C23H34N4O3.HI/c1-24-23(27(4)16-18-10-8-9-11-20(18)28-5)25-15-19(26(2)3)17-12-13-21(29-6)22(14-17)30-7;/h8-14,19H,15-16H2,1-7H3,(H,24,25);1H. The topological polar surface area (TPSA) is 58.6 Å². The minimum Gasteiger partial charge on any atom is -0.496 e. The van der Waals surface area contributed by atoms with Crippen molar-refractivity contribution >= 4 is 29.9 Å². The van der Waals surface area contributed by atoms with Gasteiger partial charge < -0.3 is 29.3 Å². The molecular formula is C23H35IN4O3. The normalized spacial score (nSPS) is 12.1. The molecule has 172 valence electrons. The number of likely N-dealkylation sites (N-methyl/N-ethyl adjacent to an activating group) is 1. The number of halogens is 1. The smallest absolute Gasteiger partial charge is 0.193 e. The van der Waals surface area contributed by atoms with Gasteiger partial charge in [-0.15, -0.1) is 24.0 Å². The van der Waals surface area contributed by atoms with E-state index in [9.17, 15) is 0 Å². The molecule has 8 heteroatoms. The van der Waals surface area contributed by atoms with Gasteiger partial charge in [0.15, 0.2) is 17.5 Å². The second-order valence-electron chi connectivity index (χ2n) is 7.19. The Balaban J connectivity index is 0.00000480. The van der Waals surface area contributed by atoms with E-state index in [0.717, 1.165) is 34.3 Å². The maximum Gasteiger partial charge on any atom is 0.193 e. The molecule has 1 N–H and O–H groups in total. The van der Waals surface area contributed by atoms with Crippen molar-refractivity contribution in [2.75, 3.05) is 56.1 Å². The maximum atomic E-state index is 5.47. The van der Waals surface area contributed by atoms with Crippen LogP contribution in [-0.4, -0.2) is 71.8 Å². The Kier molecular flexibility index (Phi) is 11.5.